The van der Waals surface area contributed by atoms with Gasteiger partial charge >= 0.3 is 0 Å². The predicted molar refractivity (Wildman–Crippen MR) is 76.8 cm³/mol. The lowest BCUT2D eigenvalue weighted by Gasteiger charge is -2.33. The molecule has 0 aromatic rings. The van der Waals surface area contributed by atoms with E-state index in [9.17, 15) is 0 Å². The number of ether oxygens (including phenoxy) is 1. The van der Waals surface area contributed by atoms with Gasteiger partial charge in [0.1, 0.15) is 0 Å². The molecular formula is C13H26N2OS. The molecule has 0 aliphatic carbocycles. The fraction of sp³-hybridized carbons (Fsp3) is 0.923. The Kier molecular flexibility index (Phi) is 5.80. The zero-order valence-corrected chi connectivity index (χ0v) is 12.6. The van der Waals surface area contributed by atoms with Crippen LogP contribution in [0.4, 0.5) is 0 Å². The molecule has 1 aliphatic rings. The van der Waals surface area contributed by atoms with Gasteiger partial charge in [-0.2, -0.15) is 0 Å². The summed E-state index contributed by atoms with van der Waals surface area (Å²) in [6, 6.07) is 0.263. The number of nitrogens with one attached hydrogen (secondary N) is 1. The van der Waals surface area contributed by atoms with Crippen molar-refractivity contribution in [2.75, 3.05) is 19.0 Å². The molecule has 0 aromatic heterocycles. The molecule has 0 spiro atoms. The van der Waals surface area contributed by atoms with Crippen LogP contribution in [0.3, 0.4) is 0 Å². The number of hydrogen-bond acceptors (Lipinski definition) is 3. The molecule has 0 saturated carbocycles. The first kappa shape index (κ1) is 14.8. The second-order valence-corrected chi connectivity index (χ2v) is 6.60. The molecule has 100 valence electrons. The summed E-state index contributed by atoms with van der Waals surface area (Å²) in [5, 5.41) is 4.59. The van der Waals surface area contributed by atoms with Crippen LogP contribution >= 0.6 is 11.8 Å². The van der Waals surface area contributed by atoms with Crippen LogP contribution in [0, 0.1) is 5.92 Å². The third-order valence-electron chi connectivity index (χ3n) is 2.96. The summed E-state index contributed by atoms with van der Waals surface area (Å²) in [7, 11) is 0. The topological polar surface area (TPSA) is 33.6 Å². The van der Waals surface area contributed by atoms with Crippen LogP contribution in [0.2, 0.25) is 0 Å². The van der Waals surface area contributed by atoms with Crippen molar-refractivity contribution < 1.29 is 4.74 Å². The van der Waals surface area contributed by atoms with Gasteiger partial charge in [-0.25, -0.2) is 0 Å². The maximum atomic E-state index is 5.51. The zero-order chi connectivity index (χ0) is 12.9. The van der Waals surface area contributed by atoms with Crippen LogP contribution in [-0.4, -0.2) is 35.7 Å². The molecule has 0 amide bonds. The maximum Gasteiger partial charge on any atom is 0.157 e. The summed E-state index contributed by atoms with van der Waals surface area (Å²) in [5.74, 6) is 1.67. The molecule has 1 unspecified atom stereocenters. The van der Waals surface area contributed by atoms with Crippen LogP contribution in [-0.2, 0) is 4.74 Å². The number of aliphatic imine (C=N–C) groups is 1. The molecule has 0 aromatic carbocycles. The Morgan fingerprint density at radius 1 is 1.47 bits per heavy atom. The molecule has 4 heteroatoms. The van der Waals surface area contributed by atoms with E-state index < -0.39 is 0 Å². The number of amidine groups is 1. The van der Waals surface area contributed by atoms with Gasteiger partial charge in [0.05, 0.1) is 12.6 Å². The smallest absolute Gasteiger partial charge is 0.157 e. The standard InChI is InChI=1S/C13H26N2OS/c1-6-16-9-11(10(2)3)14-12-15-13(4,5)7-8-17-12/h10-11H,6-9H2,1-5H3,(H,14,15). The molecule has 17 heavy (non-hydrogen) atoms. The monoisotopic (exact) mass is 258 g/mol. The van der Waals surface area contributed by atoms with Crippen LogP contribution in [0.25, 0.3) is 0 Å². The van der Waals surface area contributed by atoms with Crippen molar-refractivity contribution in [3.05, 3.63) is 0 Å². The molecule has 1 heterocycles. The van der Waals surface area contributed by atoms with Gasteiger partial charge in [-0.05, 0) is 33.1 Å². The molecule has 1 atom stereocenters. The molecule has 1 saturated heterocycles. The summed E-state index contributed by atoms with van der Waals surface area (Å²) in [4.78, 5) is 4.81. The highest BCUT2D eigenvalue weighted by molar-refractivity contribution is 8.13. The number of hydrogen-bond donors (Lipinski definition) is 1. The van der Waals surface area contributed by atoms with E-state index in [1.54, 1.807) is 0 Å². The first-order valence-electron chi connectivity index (χ1n) is 6.51. The van der Waals surface area contributed by atoms with Gasteiger partial charge in [-0.1, -0.05) is 25.6 Å². The SMILES string of the molecule is CCOCC(N=C1NC(C)(C)CCS1)C(C)C. The largest absolute Gasteiger partial charge is 0.380 e. The average Bonchev–Trinajstić information content (AvgIpc) is 2.22. The highest BCUT2D eigenvalue weighted by Gasteiger charge is 2.25. The molecule has 1 fully saturated rings. The Labute approximate surface area is 110 Å². The van der Waals surface area contributed by atoms with Gasteiger partial charge in [0, 0.05) is 17.9 Å². The summed E-state index contributed by atoms with van der Waals surface area (Å²) in [6.07, 6.45) is 1.19. The van der Waals surface area contributed by atoms with Crippen LogP contribution in [0.15, 0.2) is 4.99 Å². The Morgan fingerprint density at radius 2 is 2.18 bits per heavy atom. The molecule has 0 radical (unpaired) electrons. The van der Waals surface area contributed by atoms with Crippen LogP contribution < -0.4 is 5.32 Å². The quantitative estimate of drug-likeness (QED) is 0.823. The van der Waals surface area contributed by atoms with Crippen molar-refractivity contribution in [2.45, 2.75) is 52.6 Å². The Hall–Kier alpha value is -0.220. The predicted octanol–water partition coefficient (Wildman–Crippen LogP) is 2.91. The third kappa shape index (κ3) is 5.30. The van der Waals surface area contributed by atoms with Gasteiger partial charge in [0.25, 0.3) is 0 Å². The first-order valence-corrected chi connectivity index (χ1v) is 7.49. The normalized spacial score (nSPS) is 23.8. The van der Waals surface area contributed by atoms with Crippen molar-refractivity contribution in [3.8, 4) is 0 Å². The lowest BCUT2D eigenvalue weighted by molar-refractivity contribution is 0.122. The van der Waals surface area contributed by atoms with E-state index in [0.29, 0.717) is 5.92 Å². The lowest BCUT2D eigenvalue weighted by atomic mass is 10.0. The Balaban J connectivity index is 2.62. The van der Waals surface area contributed by atoms with E-state index >= 15 is 0 Å². The highest BCUT2D eigenvalue weighted by Crippen LogP contribution is 2.22. The van der Waals surface area contributed by atoms with Crippen molar-refractivity contribution in [2.24, 2.45) is 10.9 Å². The van der Waals surface area contributed by atoms with Gasteiger partial charge in [0.2, 0.25) is 0 Å². The Bertz CT molecular complexity index is 264. The van der Waals surface area contributed by atoms with E-state index in [-0.39, 0.29) is 11.6 Å². The van der Waals surface area contributed by atoms with E-state index in [1.165, 1.54) is 6.42 Å². The number of thioether (sulfide) groups is 1. The summed E-state index contributed by atoms with van der Waals surface area (Å²) < 4.78 is 5.51. The Morgan fingerprint density at radius 3 is 2.71 bits per heavy atom. The van der Waals surface area contributed by atoms with E-state index in [2.05, 4.69) is 33.0 Å². The minimum absolute atomic E-state index is 0.178. The third-order valence-corrected chi connectivity index (χ3v) is 3.85. The first-order chi connectivity index (χ1) is 7.94. The fourth-order valence-electron chi connectivity index (χ4n) is 1.63. The van der Waals surface area contributed by atoms with Crippen LogP contribution in [0.1, 0.15) is 41.0 Å². The second kappa shape index (κ2) is 6.64. The highest BCUT2D eigenvalue weighted by atomic mass is 32.2. The molecule has 1 rings (SSSR count). The second-order valence-electron chi connectivity index (χ2n) is 5.51. The number of rotatable bonds is 5. The molecular weight excluding hydrogens is 232 g/mol. The van der Waals surface area contributed by atoms with E-state index in [0.717, 1.165) is 24.1 Å². The summed E-state index contributed by atoms with van der Waals surface area (Å²) >= 11 is 1.83. The maximum absolute atomic E-state index is 5.51. The van der Waals surface area contributed by atoms with E-state index in [4.69, 9.17) is 9.73 Å². The summed E-state index contributed by atoms with van der Waals surface area (Å²) in [5.41, 5.74) is 0.178. The minimum atomic E-state index is 0.178. The van der Waals surface area contributed by atoms with Crippen molar-refractivity contribution >= 4 is 16.9 Å². The zero-order valence-electron chi connectivity index (χ0n) is 11.7. The van der Waals surface area contributed by atoms with Gasteiger partial charge < -0.3 is 10.1 Å². The van der Waals surface area contributed by atoms with Crippen molar-refractivity contribution in [3.63, 3.8) is 0 Å². The average molecular weight is 258 g/mol. The molecule has 3 nitrogen and oxygen atoms in total. The molecule has 1 aliphatic heterocycles. The minimum Gasteiger partial charge on any atom is -0.380 e. The molecule has 0 bridgehead atoms. The van der Waals surface area contributed by atoms with Crippen molar-refractivity contribution in [1.29, 1.82) is 0 Å². The number of nitrogens with zero attached hydrogens (tertiary/aromatic N) is 1. The van der Waals surface area contributed by atoms with Gasteiger partial charge in [0.15, 0.2) is 5.17 Å². The van der Waals surface area contributed by atoms with Gasteiger partial charge in [-0.15, -0.1) is 0 Å². The fourth-order valence-corrected chi connectivity index (χ4v) is 2.99. The lowest BCUT2D eigenvalue weighted by Crippen LogP contribution is -2.46. The van der Waals surface area contributed by atoms with Crippen molar-refractivity contribution in [1.82, 2.24) is 5.32 Å². The van der Waals surface area contributed by atoms with Crippen LogP contribution in [0.5, 0.6) is 0 Å². The van der Waals surface area contributed by atoms with Gasteiger partial charge in [-0.3, -0.25) is 4.99 Å². The summed E-state index contributed by atoms with van der Waals surface area (Å²) in [6.45, 7) is 12.4. The van der Waals surface area contributed by atoms with E-state index in [1.807, 2.05) is 18.7 Å². The molecule has 1 N–H and O–H groups in total.